The van der Waals surface area contributed by atoms with Crippen LogP contribution in [0.1, 0.15) is 16.8 Å². The number of halogens is 1. The summed E-state index contributed by atoms with van der Waals surface area (Å²) in [6, 6.07) is 14.3. The number of aryl methyl sites for hydroxylation is 1. The van der Waals surface area contributed by atoms with E-state index in [1.165, 1.54) is 6.07 Å². The zero-order valence-corrected chi connectivity index (χ0v) is 15.3. The molecule has 6 nitrogen and oxygen atoms in total. The van der Waals surface area contributed by atoms with E-state index in [-0.39, 0.29) is 5.63 Å². The molecule has 0 radical (unpaired) electrons. The van der Waals surface area contributed by atoms with Crippen LogP contribution in [0, 0.1) is 6.92 Å². The van der Waals surface area contributed by atoms with Crippen molar-refractivity contribution < 1.29 is 9.15 Å². The maximum Gasteiger partial charge on any atom is 0.336 e. The van der Waals surface area contributed by atoms with E-state index >= 15 is 0 Å². The van der Waals surface area contributed by atoms with E-state index < -0.39 is 0 Å². The molecule has 27 heavy (non-hydrogen) atoms. The second-order valence-electron chi connectivity index (χ2n) is 6.24. The van der Waals surface area contributed by atoms with Gasteiger partial charge in [0.05, 0.1) is 12.7 Å². The van der Waals surface area contributed by atoms with E-state index in [0.29, 0.717) is 35.2 Å². The van der Waals surface area contributed by atoms with Crippen LogP contribution in [0.4, 0.5) is 0 Å². The first-order valence-corrected chi connectivity index (χ1v) is 8.75. The van der Waals surface area contributed by atoms with Crippen molar-refractivity contribution in [3.8, 4) is 5.75 Å². The smallest absolute Gasteiger partial charge is 0.336 e. The molecule has 0 fully saturated rings. The average molecular weight is 382 g/mol. The number of hydrogen-bond donors (Lipinski definition) is 0. The van der Waals surface area contributed by atoms with Crippen molar-refractivity contribution in [3.63, 3.8) is 0 Å². The molecule has 0 aliphatic heterocycles. The molecular weight excluding hydrogens is 366 g/mol. The molecule has 2 aromatic heterocycles. The first-order valence-electron chi connectivity index (χ1n) is 8.37. The Hall–Kier alpha value is -3.12. The Labute approximate surface area is 160 Å². The van der Waals surface area contributed by atoms with Crippen molar-refractivity contribution in [3.05, 3.63) is 87.0 Å². The Kier molecular flexibility index (Phi) is 4.64. The molecule has 0 saturated heterocycles. The largest absolute Gasteiger partial charge is 0.487 e. The molecule has 136 valence electrons. The van der Waals surface area contributed by atoms with Crippen LogP contribution in [0.15, 0.2) is 63.9 Å². The monoisotopic (exact) mass is 381 g/mol. The third kappa shape index (κ3) is 4.01. The Balaban J connectivity index is 1.52. The minimum atomic E-state index is -0.382. The number of benzene rings is 2. The van der Waals surface area contributed by atoms with Crippen LogP contribution in [-0.4, -0.2) is 15.0 Å². The van der Waals surface area contributed by atoms with Gasteiger partial charge in [0.2, 0.25) is 0 Å². The quantitative estimate of drug-likeness (QED) is 0.489. The van der Waals surface area contributed by atoms with Crippen LogP contribution in [0.2, 0.25) is 5.02 Å². The number of hydrogen-bond acceptors (Lipinski definition) is 5. The van der Waals surface area contributed by atoms with Gasteiger partial charge in [0, 0.05) is 16.5 Å². The fourth-order valence-corrected chi connectivity index (χ4v) is 2.94. The minimum Gasteiger partial charge on any atom is -0.487 e. The molecular formula is C20H16ClN3O3. The summed E-state index contributed by atoms with van der Waals surface area (Å²) in [4.78, 5) is 11.8. The third-order valence-corrected chi connectivity index (χ3v) is 4.35. The van der Waals surface area contributed by atoms with Crippen molar-refractivity contribution in [2.45, 2.75) is 20.1 Å². The molecule has 0 bridgehead atoms. The van der Waals surface area contributed by atoms with E-state index in [1.54, 1.807) is 35.1 Å². The summed E-state index contributed by atoms with van der Waals surface area (Å²) < 4.78 is 12.6. The summed E-state index contributed by atoms with van der Waals surface area (Å²) in [7, 11) is 0. The topological polar surface area (TPSA) is 70.2 Å². The number of ether oxygens (including phenoxy) is 1. The molecule has 0 N–H and O–H groups in total. The van der Waals surface area contributed by atoms with E-state index in [1.807, 2.05) is 25.1 Å². The second-order valence-corrected chi connectivity index (χ2v) is 6.68. The molecule has 4 rings (SSSR count). The Morgan fingerprint density at radius 1 is 1.15 bits per heavy atom. The molecule has 0 aliphatic carbocycles. The molecule has 0 spiro atoms. The van der Waals surface area contributed by atoms with Crippen molar-refractivity contribution in [1.82, 2.24) is 15.0 Å². The van der Waals surface area contributed by atoms with Crippen LogP contribution in [0.3, 0.4) is 0 Å². The summed E-state index contributed by atoms with van der Waals surface area (Å²) in [5.41, 5.74) is 2.80. The lowest BCUT2D eigenvalue weighted by molar-refractivity contribution is 0.301. The SMILES string of the molecule is Cc1ccc2oc(=O)cc(Cn3cc(COc4ccc(Cl)cc4)nn3)c2c1. The van der Waals surface area contributed by atoms with E-state index in [2.05, 4.69) is 10.3 Å². The molecule has 0 unspecified atom stereocenters. The van der Waals surface area contributed by atoms with Gasteiger partial charge in [-0.15, -0.1) is 5.10 Å². The van der Waals surface area contributed by atoms with Gasteiger partial charge in [-0.25, -0.2) is 9.48 Å². The lowest BCUT2D eigenvalue weighted by atomic mass is 10.1. The van der Waals surface area contributed by atoms with Crippen LogP contribution < -0.4 is 10.4 Å². The zero-order chi connectivity index (χ0) is 18.8. The van der Waals surface area contributed by atoms with Crippen molar-refractivity contribution >= 4 is 22.6 Å². The summed E-state index contributed by atoms with van der Waals surface area (Å²) >= 11 is 5.86. The number of rotatable bonds is 5. The van der Waals surface area contributed by atoms with E-state index in [4.69, 9.17) is 20.8 Å². The fraction of sp³-hybridized carbons (Fsp3) is 0.150. The fourth-order valence-electron chi connectivity index (χ4n) is 2.82. The minimum absolute atomic E-state index is 0.290. The van der Waals surface area contributed by atoms with Crippen molar-refractivity contribution in [1.29, 1.82) is 0 Å². The maximum absolute atomic E-state index is 11.8. The van der Waals surface area contributed by atoms with E-state index in [0.717, 1.165) is 16.5 Å². The summed E-state index contributed by atoms with van der Waals surface area (Å²) in [6.45, 7) is 2.70. The highest BCUT2D eigenvalue weighted by Crippen LogP contribution is 2.20. The predicted octanol–water partition coefficient (Wildman–Crippen LogP) is 3.97. The number of aromatic nitrogens is 3. The van der Waals surface area contributed by atoms with Gasteiger partial charge in [0.1, 0.15) is 23.6 Å². The van der Waals surface area contributed by atoms with Crippen LogP contribution in [0.25, 0.3) is 11.0 Å². The standard InChI is InChI=1S/C20H16ClN3O3/c1-13-2-7-19-18(8-13)14(9-20(25)27-19)10-24-11-16(22-23-24)12-26-17-5-3-15(21)4-6-17/h2-9,11H,10,12H2,1H3. The predicted molar refractivity (Wildman–Crippen MR) is 102 cm³/mol. The first kappa shape index (κ1) is 17.3. The number of nitrogens with zero attached hydrogens (tertiary/aromatic N) is 3. The van der Waals surface area contributed by atoms with Gasteiger partial charge in [0.25, 0.3) is 0 Å². The Bertz CT molecular complexity index is 1150. The zero-order valence-electron chi connectivity index (χ0n) is 14.6. The Morgan fingerprint density at radius 2 is 1.96 bits per heavy atom. The first-order chi connectivity index (χ1) is 13.1. The van der Waals surface area contributed by atoms with Crippen LogP contribution in [-0.2, 0) is 13.2 Å². The summed E-state index contributed by atoms with van der Waals surface area (Å²) in [6.07, 6.45) is 1.80. The molecule has 0 atom stereocenters. The summed E-state index contributed by atoms with van der Waals surface area (Å²) in [5.74, 6) is 0.705. The highest BCUT2D eigenvalue weighted by atomic mass is 35.5. The highest BCUT2D eigenvalue weighted by molar-refractivity contribution is 6.30. The average Bonchev–Trinajstić information content (AvgIpc) is 3.09. The van der Waals surface area contributed by atoms with Gasteiger partial charge in [0.15, 0.2) is 0 Å². The van der Waals surface area contributed by atoms with Crippen molar-refractivity contribution in [2.24, 2.45) is 0 Å². The molecule has 0 amide bonds. The van der Waals surface area contributed by atoms with Gasteiger partial charge in [-0.05, 0) is 48.9 Å². The molecule has 0 aliphatic rings. The molecule has 0 saturated carbocycles. The van der Waals surface area contributed by atoms with E-state index in [9.17, 15) is 4.79 Å². The van der Waals surface area contributed by atoms with Crippen LogP contribution in [0.5, 0.6) is 5.75 Å². The Morgan fingerprint density at radius 3 is 2.78 bits per heavy atom. The van der Waals surface area contributed by atoms with Gasteiger partial charge in [-0.1, -0.05) is 28.4 Å². The van der Waals surface area contributed by atoms with Gasteiger partial charge in [-0.3, -0.25) is 0 Å². The lowest BCUT2D eigenvalue weighted by Gasteiger charge is -2.06. The number of fused-ring (bicyclic) bond motifs is 1. The normalized spacial score (nSPS) is 11.0. The second kappa shape index (κ2) is 7.25. The van der Waals surface area contributed by atoms with Crippen molar-refractivity contribution in [2.75, 3.05) is 0 Å². The highest BCUT2D eigenvalue weighted by Gasteiger charge is 2.09. The maximum atomic E-state index is 11.8. The van der Waals surface area contributed by atoms with Gasteiger partial charge < -0.3 is 9.15 Å². The molecule has 2 heterocycles. The van der Waals surface area contributed by atoms with Gasteiger partial charge in [-0.2, -0.15) is 0 Å². The summed E-state index contributed by atoms with van der Waals surface area (Å²) in [5, 5.41) is 9.80. The molecule has 4 aromatic rings. The van der Waals surface area contributed by atoms with Crippen LogP contribution >= 0.6 is 11.6 Å². The lowest BCUT2D eigenvalue weighted by Crippen LogP contribution is -2.06. The molecule has 2 aromatic carbocycles. The third-order valence-electron chi connectivity index (χ3n) is 4.10. The molecule has 7 heteroatoms. The van der Waals surface area contributed by atoms with Gasteiger partial charge >= 0.3 is 5.63 Å².